The Bertz CT molecular complexity index is 756. The minimum absolute atomic E-state index is 0.0872. The lowest BCUT2D eigenvalue weighted by Crippen LogP contribution is -2.45. The molecule has 8 nitrogen and oxygen atoms in total. The number of urea groups is 1. The summed E-state index contributed by atoms with van der Waals surface area (Å²) in [5.74, 6) is -0.457. The number of hydrogen-bond acceptors (Lipinski definition) is 5. The van der Waals surface area contributed by atoms with Gasteiger partial charge in [-0.05, 0) is 51.0 Å². The van der Waals surface area contributed by atoms with Crippen LogP contribution in [-0.2, 0) is 14.8 Å². The summed E-state index contributed by atoms with van der Waals surface area (Å²) in [6.07, 6.45) is 4.08. The summed E-state index contributed by atoms with van der Waals surface area (Å²) in [6, 6.07) is 5.67. The number of hydrogen-bond donors (Lipinski definition) is 3. The smallest absolute Gasteiger partial charge is 0.321 e. The van der Waals surface area contributed by atoms with Gasteiger partial charge in [-0.25, -0.2) is 13.2 Å². The van der Waals surface area contributed by atoms with Crippen LogP contribution in [0.2, 0.25) is 0 Å². The highest BCUT2D eigenvalue weighted by atomic mass is 32.2. The molecule has 0 spiro atoms. The Morgan fingerprint density at radius 3 is 2.30 bits per heavy atom. The van der Waals surface area contributed by atoms with E-state index in [9.17, 15) is 18.0 Å². The lowest BCUT2D eigenvalue weighted by atomic mass is 10.2. The van der Waals surface area contributed by atoms with E-state index in [1.165, 1.54) is 23.5 Å². The first-order valence-electron chi connectivity index (χ1n) is 9.12. The van der Waals surface area contributed by atoms with Gasteiger partial charge in [0.1, 0.15) is 0 Å². The van der Waals surface area contributed by atoms with Crippen molar-refractivity contribution in [2.75, 3.05) is 18.9 Å². The molecule has 0 aliphatic heterocycles. The number of sulfonamides is 1. The third-order valence-electron chi connectivity index (χ3n) is 4.65. The van der Waals surface area contributed by atoms with E-state index >= 15 is 0 Å². The zero-order valence-corrected chi connectivity index (χ0v) is 16.8. The van der Waals surface area contributed by atoms with E-state index in [-0.39, 0.29) is 23.5 Å². The topological polar surface area (TPSA) is 108 Å². The van der Waals surface area contributed by atoms with Gasteiger partial charge in [0.05, 0.1) is 11.4 Å². The molecule has 3 N–H and O–H groups in total. The molecule has 0 unspecified atom stereocenters. The van der Waals surface area contributed by atoms with Crippen molar-refractivity contribution in [1.82, 2.24) is 14.9 Å². The second-order valence-electron chi connectivity index (χ2n) is 7.00. The van der Waals surface area contributed by atoms with Crippen molar-refractivity contribution in [2.45, 2.75) is 56.5 Å². The Balaban J connectivity index is 1.84. The Kier molecular flexibility index (Phi) is 7.20. The molecule has 3 amide bonds. The molecule has 1 fully saturated rings. The van der Waals surface area contributed by atoms with Crippen LogP contribution in [0.1, 0.15) is 39.5 Å². The minimum atomic E-state index is -3.54. The van der Waals surface area contributed by atoms with Crippen molar-refractivity contribution in [1.29, 1.82) is 0 Å². The van der Waals surface area contributed by atoms with Gasteiger partial charge in [-0.1, -0.05) is 12.8 Å². The molecular formula is C18H28N4O4S. The highest BCUT2D eigenvalue weighted by Gasteiger charge is 2.23. The molecule has 1 aromatic rings. The van der Waals surface area contributed by atoms with Crippen LogP contribution in [0.3, 0.4) is 0 Å². The first kappa shape index (κ1) is 21.2. The van der Waals surface area contributed by atoms with E-state index < -0.39 is 22.0 Å². The number of carbonyl (C=O) groups is 2. The summed E-state index contributed by atoms with van der Waals surface area (Å²) >= 11 is 0. The molecule has 1 saturated carbocycles. The predicted octanol–water partition coefficient (Wildman–Crippen LogP) is 1.90. The van der Waals surface area contributed by atoms with Gasteiger partial charge in [-0.2, -0.15) is 4.31 Å². The highest BCUT2D eigenvalue weighted by Crippen LogP contribution is 2.19. The van der Waals surface area contributed by atoms with Crippen LogP contribution >= 0.6 is 0 Å². The summed E-state index contributed by atoms with van der Waals surface area (Å²) in [5.41, 5.74) is 0.590. The van der Waals surface area contributed by atoms with Gasteiger partial charge in [-0.15, -0.1) is 0 Å². The summed E-state index contributed by atoms with van der Waals surface area (Å²) in [5, 5.41) is 7.94. The van der Waals surface area contributed by atoms with Crippen LogP contribution < -0.4 is 16.0 Å². The van der Waals surface area contributed by atoms with Gasteiger partial charge in [0.2, 0.25) is 15.9 Å². The largest absolute Gasteiger partial charge is 0.376 e. The van der Waals surface area contributed by atoms with E-state index in [1.807, 2.05) is 0 Å². The SMILES string of the molecule is CC(C)N(C)S(=O)(=O)c1ccc(NCC(=O)NC(=O)NC2CCCC2)cc1. The second-order valence-corrected chi connectivity index (χ2v) is 8.99. The number of nitrogens with one attached hydrogen (secondary N) is 3. The van der Waals surface area contributed by atoms with E-state index in [0.717, 1.165) is 25.7 Å². The van der Waals surface area contributed by atoms with E-state index in [2.05, 4.69) is 16.0 Å². The molecule has 0 atom stereocenters. The van der Waals surface area contributed by atoms with Crippen molar-refractivity contribution in [2.24, 2.45) is 0 Å². The first-order chi connectivity index (χ1) is 12.7. The predicted molar refractivity (Wildman–Crippen MR) is 104 cm³/mol. The maximum atomic E-state index is 12.4. The van der Waals surface area contributed by atoms with Gasteiger partial charge >= 0.3 is 6.03 Å². The molecule has 1 aromatic carbocycles. The highest BCUT2D eigenvalue weighted by molar-refractivity contribution is 7.89. The standard InChI is InChI=1S/C18H28N4O4S/c1-13(2)22(3)27(25,26)16-10-8-14(9-11-16)19-12-17(23)21-18(24)20-15-6-4-5-7-15/h8-11,13,15,19H,4-7,12H2,1-3H3,(H2,20,21,23,24). The number of benzene rings is 1. The number of anilines is 1. The minimum Gasteiger partial charge on any atom is -0.376 e. The number of imide groups is 1. The van der Waals surface area contributed by atoms with Crippen molar-refractivity contribution >= 4 is 27.6 Å². The average molecular weight is 397 g/mol. The molecule has 9 heteroatoms. The van der Waals surface area contributed by atoms with Crippen LogP contribution in [0, 0.1) is 0 Å². The number of amides is 3. The van der Waals surface area contributed by atoms with Crippen LogP contribution in [0.25, 0.3) is 0 Å². The number of rotatable bonds is 7. The first-order valence-corrected chi connectivity index (χ1v) is 10.6. The summed E-state index contributed by atoms with van der Waals surface area (Å²) < 4.78 is 26.1. The number of nitrogens with zero attached hydrogens (tertiary/aromatic N) is 1. The van der Waals surface area contributed by atoms with Gasteiger partial charge in [0, 0.05) is 24.8 Å². The summed E-state index contributed by atoms with van der Waals surface area (Å²) in [7, 11) is -2.01. The monoisotopic (exact) mass is 396 g/mol. The van der Waals surface area contributed by atoms with Gasteiger partial charge in [0.25, 0.3) is 0 Å². The molecule has 0 bridgehead atoms. The fourth-order valence-corrected chi connectivity index (χ4v) is 4.20. The molecule has 0 radical (unpaired) electrons. The van der Waals surface area contributed by atoms with Crippen LogP contribution in [0.15, 0.2) is 29.2 Å². The zero-order chi connectivity index (χ0) is 20.0. The maximum absolute atomic E-state index is 12.4. The van der Waals surface area contributed by atoms with Crippen molar-refractivity contribution in [3.8, 4) is 0 Å². The quantitative estimate of drug-likeness (QED) is 0.652. The molecule has 0 saturated heterocycles. The van der Waals surface area contributed by atoms with Crippen molar-refractivity contribution < 1.29 is 18.0 Å². The molecule has 27 heavy (non-hydrogen) atoms. The van der Waals surface area contributed by atoms with E-state index in [0.29, 0.717) is 5.69 Å². The third-order valence-corrected chi connectivity index (χ3v) is 6.70. The Hall–Kier alpha value is -2.13. The Morgan fingerprint density at radius 2 is 1.74 bits per heavy atom. The maximum Gasteiger partial charge on any atom is 0.321 e. The Labute approximate surface area is 160 Å². The average Bonchev–Trinajstić information content (AvgIpc) is 3.12. The zero-order valence-electron chi connectivity index (χ0n) is 16.0. The summed E-state index contributed by atoms with van der Waals surface area (Å²) in [6.45, 7) is 3.51. The van der Waals surface area contributed by atoms with E-state index in [4.69, 9.17) is 0 Å². The molecule has 150 valence electrons. The lowest BCUT2D eigenvalue weighted by molar-refractivity contribution is -0.118. The van der Waals surface area contributed by atoms with Crippen molar-refractivity contribution in [3.05, 3.63) is 24.3 Å². The Morgan fingerprint density at radius 1 is 1.15 bits per heavy atom. The second kappa shape index (κ2) is 9.18. The summed E-state index contributed by atoms with van der Waals surface area (Å²) in [4.78, 5) is 23.8. The molecule has 2 rings (SSSR count). The fraction of sp³-hybridized carbons (Fsp3) is 0.556. The van der Waals surface area contributed by atoms with E-state index in [1.54, 1.807) is 26.0 Å². The van der Waals surface area contributed by atoms with Crippen LogP contribution in [0.5, 0.6) is 0 Å². The molecule has 1 aliphatic carbocycles. The fourth-order valence-electron chi connectivity index (χ4n) is 2.83. The number of carbonyl (C=O) groups excluding carboxylic acids is 2. The van der Waals surface area contributed by atoms with Crippen molar-refractivity contribution in [3.63, 3.8) is 0 Å². The van der Waals surface area contributed by atoms with Gasteiger partial charge in [0.15, 0.2) is 0 Å². The molecule has 1 aliphatic rings. The molecule has 0 aromatic heterocycles. The van der Waals surface area contributed by atoms with Gasteiger partial charge < -0.3 is 10.6 Å². The lowest BCUT2D eigenvalue weighted by Gasteiger charge is -2.21. The van der Waals surface area contributed by atoms with Crippen LogP contribution in [-0.4, -0.2) is 50.3 Å². The third kappa shape index (κ3) is 5.93. The van der Waals surface area contributed by atoms with Gasteiger partial charge in [-0.3, -0.25) is 10.1 Å². The van der Waals surface area contributed by atoms with Crippen LogP contribution in [0.4, 0.5) is 10.5 Å². The normalized spacial score (nSPS) is 15.1. The molecular weight excluding hydrogens is 368 g/mol. The molecule has 0 heterocycles.